The van der Waals surface area contributed by atoms with Crippen molar-refractivity contribution in [3.05, 3.63) is 96.0 Å². The minimum absolute atomic E-state index is 0.700. The van der Waals surface area contributed by atoms with E-state index < -0.39 is 0 Å². The van der Waals surface area contributed by atoms with Gasteiger partial charge in [0, 0.05) is 31.7 Å². The molecule has 4 aromatic rings. The summed E-state index contributed by atoms with van der Waals surface area (Å²) in [6, 6.07) is 17.2. The lowest BCUT2D eigenvalue weighted by molar-refractivity contribution is 0.797. The standard InChI is InChI=1S/C23H23N5/c1-17-13-25-18(2)23(27-17)26-14-21-5-3-4-6-22(21)20-9-7-19(8-10-20)15-28-12-11-24-16-28/h3-13,16H,14-15H2,1-2H3,(H,26,27). The van der Waals surface area contributed by atoms with E-state index in [4.69, 9.17) is 0 Å². The van der Waals surface area contributed by atoms with Crippen LogP contribution in [0.4, 0.5) is 5.82 Å². The number of nitrogens with one attached hydrogen (secondary N) is 1. The Morgan fingerprint density at radius 2 is 1.82 bits per heavy atom. The maximum absolute atomic E-state index is 4.56. The number of anilines is 1. The van der Waals surface area contributed by atoms with Crippen LogP contribution in [0.25, 0.3) is 11.1 Å². The molecule has 4 rings (SSSR count). The highest BCUT2D eigenvalue weighted by atomic mass is 15.0. The van der Waals surface area contributed by atoms with Crippen molar-refractivity contribution in [1.29, 1.82) is 0 Å². The van der Waals surface area contributed by atoms with Crippen molar-refractivity contribution in [1.82, 2.24) is 19.5 Å². The third-order valence-corrected chi connectivity index (χ3v) is 4.73. The molecule has 28 heavy (non-hydrogen) atoms. The van der Waals surface area contributed by atoms with E-state index >= 15 is 0 Å². The smallest absolute Gasteiger partial charge is 0.148 e. The van der Waals surface area contributed by atoms with Gasteiger partial charge in [-0.05, 0) is 36.1 Å². The highest BCUT2D eigenvalue weighted by molar-refractivity contribution is 5.68. The Balaban J connectivity index is 1.53. The average Bonchev–Trinajstić information content (AvgIpc) is 3.23. The summed E-state index contributed by atoms with van der Waals surface area (Å²) in [7, 11) is 0. The van der Waals surface area contributed by atoms with E-state index in [0.29, 0.717) is 6.54 Å². The van der Waals surface area contributed by atoms with Crippen LogP contribution in [0.2, 0.25) is 0 Å². The van der Waals surface area contributed by atoms with Gasteiger partial charge in [-0.25, -0.2) is 9.97 Å². The van der Waals surface area contributed by atoms with E-state index in [0.717, 1.165) is 23.8 Å². The van der Waals surface area contributed by atoms with Crippen molar-refractivity contribution in [2.75, 3.05) is 5.32 Å². The van der Waals surface area contributed by atoms with Crippen LogP contribution in [0, 0.1) is 13.8 Å². The molecular formula is C23H23N5. The normalized spacial score (nSPS) is 10.8. The molecule has 5 nitrogen and oxygen atoms in total. The Hall–Kier alpha value is -3.47. The molecule has 2 heterocycles. The number of rotatable bonds is 6. The van der Waals surface area contributed by atoms with Gasteiger partial charge in [-0.3, -0.25) is 4.98 Å². The van der Waals surface area contributed by atoms with Crippen molar-refractivity contribution < 1.29 is 0 Å². The maximum atomic E-state index is 4.56. The fourth-order valence-corrected chi connectivity index (χ4v) is 3.22. The summed E-state index contributed by atoms with van der Waals surface area (Å²) >= 11 is 0. The number of aryl methyl sites for hydroxylation is 2. The Morgan fingerprint density at radius 3 is 2.61 bits per heavy atom. The van der Waals surface area contributed by atoms with Crippen molar-refractivity contribution in [3.8, 4) is 11.1 Å². The van der Waals surface area contributed by atoms with Gasteiger partial charge in [-0.2, -0.15) is 0 Å². The number of imidazole rings is 1. The first kappa shape index (κ1) is 17.9. The zero-order valence-electron chi connectivity index (χ0n) is 16.1. The first-order chi connectivity index (χ1) is 13.7. The van der Waals surface area contributed by atoms with E-state index in [1.807, 2.05) is 26.4 Å². The van der Waals surface area contributed by atoms with Gasteiger partial charge in [0.05, 0.1) is 17.7 Å². The van der Waals surface area contributed by atoms with E-state index in [9.17, 15) is 0 Å². The van der Waals surface area contributed by atoms with E-state index in [-0.39, 0.29) is 0 Å². The third kappa shape index (κ3) is 4.09. The Bertz CT molecular complexity index is 1050. The third-order valence-electron chi connectivity index (χ3n) is 4.73. The van der Waals surface area contributed by atoms with Crippen LogP contribution in [-0.4, -0.2) is 19.5 Å². The molecule has 0 aliphatic carbocycles. The summed E-state index contributed by atoms with van der Waals surface area (Å²) in [6.07, 6.45) is 7.41. The number of aromatic nitrogens is 4. The van der Waals surface area contributed by atoms with Gasteiger partial charge in [-0.1, -0.05) is 48.5 Å². The van der Waals surface area contributed by atoms with Gasteiger partial charge < -0.3 is 9.88 Å². The second kappa shape index (κ2) is 8.05. The molecule has 140 valence electrons. The molecule has 0 aliphatic heterocycles. The highest BCUT2D eigenvalue weighted by Crippen LogP contribution is 2.25. The van der Waals surface area contributed by atoms with Gasteiger partial charge in [0.2, 0.25) is 0 Å². The molecule has 1 N–H and O–H groups in total. The largest absolute Gasteiger partial charge is 0.364 e. The summed E-state index contributed by atoms with van der Waals surface area (Å²) in [5.41, 5.74) is 6.73. The predicted octanol–water partition coefficient (Wildman–Crippen LogP) is 4.62. The quantitative estimate of drug-likeness (QED) is 0.539. The van der Waals surface area contributed by atoms with Crippen LogP contribution in [0.3, 0.4) is 0 Å². The van der Waals surface area contributed by atoms with Gasteiger partial charge in [0.25, 0.3) is 0 Å². The second-order valence-corrected chi connectivity index (χ2v) is 6.89. The summed E-state index contributed by atoms with van der Waals surface area (Å²) in [5.74, 6) is 0.838. The maximum Gasteiger partial charge on any atom is 0.148 e. The Labute approximate surface area is 165 Å². The van der Waals surface area contributed by atoms with Crippen LogP contribution in [0.1, 0.15) is 22.5 Å². The average molecular weight is 369 g/mol. The number of nitrogens with zero attached hydrogens (tertiary/aromatic N) is 4. The summed E-state index contributed by atoms with van der Waals surface area (Å²) in [5, 5.41) is 3.44. The zero-order valence-corrected chi connectivity index (χ0v) is 16.1. The molecule has 2 aromatic carbocycles. The summed E-state index contributed by atoms with van der Waals surface area (Å²) in [6.45, 7) is 5.46. The SMILES string of the molecule is Cc1cnc(C)c(NCc2ccccc2-c2ccc(Cn3ccnc3)cc2)n1. The van der Waals surface area contributed by atoms with Crippen LogP contribution in [0.5, 0.6) is 0 Å². The van der Waals surface area contributed by atoms with Crippen LogP contribution >= 0.6 is 0 Å². The number of benzene rings is 2. The van der Waals surface area contributed by atoms with Gasteiger partial charge in [0.1, 0.15) is 5.82 Å². The fourth-order valence-electron chi connectivity index (χ4n) is 3.22. The van der Waals surface area contributed by atoms with Crippen LogP contribution in [-0.2, 0) is 13.1 Å². The minimum Gasteiger partial charge on any atom is -0.364 e. The molecule has 0 unspecified atom stereocenters. The minimum atomic E-state index is 0.700. The molecule has 0 spiro atoms. The lowest BCUT2D eigenvalue weighted by atomic mass is 9.98. The molecule has 0 bridgehead atoms. The van der Waals surface area contributed by atoms with Gasteiger partial charge >= 0.3 is 0 Å². The van der Waals surface area contributed by atoms with Gasteiger partial charge in [-0.15, -0.1) is 0 Å². The van der Waals surface area contributed by atoms with Gasteiger partial charge in [0.15, 0.2) is 0 Å². The monoisotopic (exact) mass is 369 g/mol. The lowest BCUT2D eigenvalue weighted by Crippen LogP contribution is -2.06. The fraction of sp³-hybridized carbons (Fsp3) is 0.174. The number of hydrogen-bond donors (Lipinski definition) is 1. The Kier molecular flexibility index (Phi) is 5.15. The van der Waals surface area contributed by atoms with Crippen LogP contribution in [0.15, 0.2) is 73.4 Å². The molecule has 0 saturated carbocycles. The van der Waals surface area contributed by atoms with E-state index in [1.165, 1.54) is 22.3 Å². The predicted molar refractivity (Wildman–Crippen MR) is 112 cm³/mol. The highest BCUT2D eigenvalue weighted by Gasteiger charge is 2.07. The molecule has 0 aliphatic rings. The van der Waals surface area contributed by atoms with E-state index in [2.05, 4.69) is 73.4 Å². The van der Waals surface area contributed by atoms with Crippen molar-refractivity contribution >= 4 is 5.82 Å². The van der Waals surface area contributed by atoms with E-state index in [1.54, 1.807) is 12.4 Å². The molecule has 5 heteroatoms. The summed E-state index contributed by atoms with van der Waals surface area (Å²) in [4.78, 5) is 13.0. The molecule has 0 atom stereocenters. The zero-order chi connectivity index (χ0) is 19.3. The molecule has 0 saturated heterocycles. The molecule has 0 amide bonds. The molecule has 2 aromatic heterocycles. The molecular weight excluding hydrogens is 346 g/mol. The number of hydrogen-bond acceptors (Lipinski definition) is 4. The van der Waals surface area contributed by atoms with Crippen LogP contribution < -0.4 is 5.32 Å². The lowest BCUT2D eigenvalue weighted by Gasteiger charge is -2.13. The first-order valence-corrected chi connectivity index (χ1v) is 9.36. The topological polar surface area (TPSA) is 55.6 Å². The van der Waals surface area contributed by atoms with Crippen molar-refractivity contribution in [3.63, 3.8) is 0 Å². The second-order valence-electron chi connectivity index (χ2n) is 6.89. The Morgan fingerprint density at radius 1 is 1.00 bits per heavy atom. The first-order valence-electron chi connectivity index (χ1n) is 9.36. The molecule has 0 fully saturated rings. The van der Waals surface area contributed by atoms with Crippen molar-refractivity contribution in [2.45, 2.75) is 26.9 Å². The molecule has 0 radical (unpaired) electrons. The van der Waals surface area contributed by atoms with Crippen molar-refractivity contribution in [2.24, 2.45) is 0 Å². The summed E-state index contributed by atoms with van der Waals surface area (Å²) < 4.78 is 2.07.